The molecule has 3 rings (SSSR count). The van der Waals surface area contributed by atoms with Gasteiger partial charge in [-0.2, -0.15) is 0 Å². The molecule has 1 aromatic carbocycles. The number of rotatable bonds is 6. The molecule has 0 radical (unpaired) electrons. The Bertz CT molecular complexity index is 756. The predicted molar refractivity (Wildman–Crippen MR) is 97.8 cm³/mol. The quantitative estimate of drug-likeness (QED) is 0.854. The number of likely N-dealkylation sites (tertiary alicyclic amines) is 1. The van der Waals surface area contributed by atoms with Crippen LogP contribution in [-0.4, -0.2) is 41.7 Å². The van der Waals surface area contributed by atoms with Gasteiger partial charge in [0, 0.05) is 36.8 Å². The van der Waals surface area contributed by atoms with Crippen LogP contribution in [0.4, 0.5) is 10.3 Å². The van der Waals surface area contributed by atoms with E-state index in [2.05, 4.69) is 14.9 Å². The molecule has 0 spiro atoms. The Morgan fingerprint density at radius 1 is 1.35 bits per heavy atom. The van der Waals surface area contributed by atoms with E-state index in [4.69, 9.17) is 15.2 Å². The fraction of sp³-hybridized carbons (Fsp3) is 0.474. The zero-order chi connectivity index (χ0) is 18.5. The number of benzene rings is 1. The van der Waals surface area contributed by atoms with Crippen molar-refractivity contribution in [3.8, 4) is 11.5 Å². The lowest BCUT2D eigenvalue weighted by Crippen LogP contribution is -2.34. The lowest BCUT2D eigenvalue weighted by Gasteiger charge is -2.32. The minimum absolute atomic E-state index is 0.279. The van der Waals surface area contributed by atoms with Gasteiger partial charge in [0.05, 0.1) is 19.4 Å². The molecule has 2 N–H and O–H groups in total. The van der Waals surface area contributed by atoms with E-state index in [1.54, 1.807) is 12.3 Å². The van der Waals surface area contributed by atoms with Crippen LogP contribution in [0.25, 0.3) is 0 Å². The first-order valence-corrected chi connectivity index (χ1v) is 8.90. The van der Waals surface area contributed by atoms with E-state index >= 15 is 0 Å². The summed E-state index contributed by atoms with van der Waals surface area (Å²) in [5.74, 6) is 1.28. The molecule has 1 unspecified atom stereocenters. The van der Waals surface area contributed by atoms with Crippen LogP contribution in [0.1, 0.15) is 36.9 Å². The molecule has 1 aromatic heterocycles. The van der Waals surface area contributed by atoms with Crippen LogP contribution < -0.4 is 15.2 Å². The van der Waals surface area contributed by atoms with Crippen LogP contribution in [0, 0.1) is 5.82 Å². The van der Waals surface area contributed by atoms with Crippen molar-refractivity contribution in [2.45, 2.75) is 32.2 Å². The Labute approximate surface area is 153 Å². The van der Waals surface area contributed by atoms with Gasteiger partial charge in [-0.15, -0.1) is 0 Å². The molecule has 0 aliphatic carbocycles. The molecule has 7 heteroatoms. The molecule has 0 saturated carbocycles. The molecule has 0 amide bonds. The van der Waals surface area contributed by atoms with Gasteiger partial charge in [-0.25, -0.2) is 14.4 Å². The molecule has 2 heterocycles. The van der Waals surface area contributed by atoms with Crippen molar-refractivity contribution in [2.24, 2.45) is 0 Å². The highest BCUT2D eigenvalue weighted by molar-refractivity contribution is 5.43. The first-order valence-electron chi connectivity index (χ1n) is 8.90. The zero-order valence-corrected chi connectivity index (χ0v) is 15.2. The molecule has 6 nitrogen and oxygen atoms in total. The monoisotopic (exact) mass is 360 g/mol. The van der Waals surface area contributed by atoms with Crippen molar-refractivity contribution in [2.75, 3.05) is 32.5 Å². The molecule has 140 valence electrons. The third-order valence-electron chi connectivity index (χ3n) is 4.65. The van der Waals surface area contributed by atoms with Gasteiger partial charge in [0.25, 0.3) is 0 Å². The summed E-state index contributed by atoms with van der Waals surface area (Å²) in [5, 5.41) is 0. The maximum Gasteiger partial charge on any atom is 0.220 e. The highest BCUT2D eigenvalue weighted by Crippen LogP contribution is 2.32. The number of hydrogen-bond donors (Lipinski definition) is 1. The lowest BCUT2D eigenvalue weighted by atomic mass is 9.94. The van der Waals surface area contributed by atoms with E-state index in [0.717, 1.165) is 31.6 Å². The number of piperidine rings is 1. The molecular weight excluding hydrogens is 335 g/mol. The largest absolute Gasteiger partial charge is 0.493 e. The smallest absolute Gasteiger partial charge is 0.220 e. The second-order valence-corrected chi connectivity index (χ2v) is 6.44. The minimum atomic E-state index is -0.279. The van der Waals surface area contributed by atoms with Gasteiger partial charge in [0.15, 0.2) is 11.5 Å². The number of aromatic nitrogens is 2. The predicted octanol–water partition coefficient (Wildman–Crippen LogP) is 2.98. The van der Waals surface area contributed by atoms with E-state index in [1.165, 1.54) is 13.2 Å². The van der Waals surface area contributed by atoms with Gasteiger partial charge in [0.1, 0.15) is 5.82 Å². The molecule has 26 heavy (non-hydrogen) atoms. The third kappa shape index (κ3) is 4.22. The van der Waals surface area contributed by atoms with E-state index in [0.29, 0.717) is 36.2 Å². The Hall–Kier alpha value is -2.41. The first-order chi connectivity index (χ1) is 12.6. The Morgan fingerprint density at radius 2 is 2.19 bits per heavy atom. The van der Waals surface area contributed by atoms with Gasteiger partial charge in [-0.3, -0.25) is 4.90 Å². The molecule has 0 bridgehead atoms. The summed E-state index contributed by atoms with van der Waals surface area (Å²) >= 11 is 0. The van der Waals surface area contributed by atoms with Crippen LogP contribution in [0.2, 0.25) is 0 Å². The van der Waals surface area contributed by atoms with Crippen molar-refractivity contribution in [3.63, 3.8) is 0 Å². The number of methoxy groups -OCH3 is 1. The fourth-order valence-electron chi connectivity index (χ4n) is 3.42. The second-order valence-electron chi connectivity index (χ2n) is 6.44. The number of anilines is 1. The fourth-order valence-corrected chi connectivity index (χ4v) is 3.42. The summed E-state index contributed by atoms with van der Waals surface area (Å²) in [4.78, 5) is 10.5. The highest BCUT2D eigenvalue weighted by atomic mass is 19.1. The molecule has 1 atom stereocenters. The summed E-state index contributed by atoms with van der Waals surface area (Å²) in [5.41, 5.74) is 7.26. The van der Waals surface area contributed by atoms with Crippen molar-refractivity contribution in [3.05, 3.63) is 41.5 Å². The normalized spacial score (nSPS) is 17.9. The Kier molecular flexibility index (Phi) is 5.88. The van der Waals surface area contributed by atoms with Crippen LogP contribution in [-0.2, 0) is 6.54 Å². The summed E-state index contributed by atoms with van der Waals surface area (Å²) in [6, 6.07) is 5.04. The highest BCUT2D eigenvalue weighted by Gasteiger charge is 2.24. The third-order valence-corrected chi connectivity index (χ3v) is 4.65. The van der Waals surface area contributed by atoms with Crippen LogP contribution >= 0.6 is 0 Å². The number of halogens is 1. The van der Waals surface area contributed by atoms with Gasteiger partial charge in [-0.05, 0) is 38.4 Å². The molecular formula is C19H25FN4O2. The van der Waals surface area contributed by atoms with E-state index in [-0.39, 0.29) is 11.7 Å². The SMILES string of the molecule is CCOc1cc(CN2CCCC(c3ccnc(N)n3)C2)c(F)cc1OC. The molecule has 2 aromatic rings. The summed E-state index contributed by atoms with van der Waals surface area (Å²) in [7, 11) is 1.51. The summed E-state index contributed by atoms with van der Waals surface area (Å²) in [6.07, 6.45) is 3.76. The van der Waals surface area contributed by atoms with Gasteiger partial charge in [0.2, 0.25) is 5.95 Å². The topological polar surface area (TPSA) is 73.5 Å². The first kappa shape index (κ1) is 18.4. The van der Waals surface area contributed by atoms with Gasteiger partial charge < -0.3 is 15.2 Å². The average molecular weight is 360 g/mol. The van der Waals surface area contributed by atoms with Crippen molar-refractivity contribution >= 4 is 5.95 Å². The van der Waals surface area contributed by atoms with E-state index in [1.807, 2.05) is 13.0 Å². The van der Waals surface area contributed by atoms with Crippen molar-refractivity contribution in [1.29, 1.82) is 0 Å². The maximum absolute atomic E-state index is 14.5. The lowest BCUT2D eigenvalue weighted by molar-refractivity contribution is 0.195. The summed E-state index contributed by atoms with van der Waals surface area (Å²) in [6.45, 7) is 4.65. The van der Waals surface area contributed by atoms with E-state index < -0.39 is 0 Å². The van der Waals surface area contributed by atoms with Gasteiger partial charge >= 0.3 is 0 Å². The number of nitrogens with zero attached hydrogens (tertiary/aromatic N) is 3. The zero-order valence-electron chi connectivity index (χ0n) is 15.2. The number of ether oxygens (including phenoxy) is 2. The Balaban J connectivity index is 1.75. The average Bonchev–Trinajstić information content (AvgIpc) is 2.64. The van der Waals surface area contributed by atoms with Crippen molar-refractivity contribution in [1.82, 2.24) is 14.9 Å². The standard InChI is InChI=1S/C19H25FN4O2/c1-3-26-18-9-14(15(20)10-17(18)25-2)12-24-8-4-5-13(11-24)16-6-7-22-19(21)23-16/h6-7,9-10,13H,3-5,8,11-12H2,1-2H3,(H2,21,22,23). The number of nitrogens with two attached hydrogens (primary N) is 1. The summed E-state index contributed by atoms with van der Waals surface area (Å²) < 4.78 is 25.3. The Morgan fingerprint density at radius 3 is 2.92 bits per heavy atom. The second kappa shape index (κ2) is 8.31. The molecule has 1 fully saturated rings. The number of hydrogen-bond acceptors (Lipinski definition) is 6. The van der Waals surface area contributed by atoms with Crippen molar-refractivity contribution < 1.29 is 13.9 Å². The van der Waals surface area contributed by atoms with Gasteiger partial charge in [-0.1, -0.05) is 0 Å². The minimum Gasteiger partial charge on any atom is -0.493 e. The van der Waals surface area contributed by atoms with Crippen LogP contribution in [0.15, 0.2) is 24.4 Å². The van der Waals surface area contributed by atoms with Crippen LogP contribution in [0.3, 0.4) is 0 Å². The number of nitrogen functional groups attached to an aromatic ring is 1. The molecule has 1 saturated heterocycles. The van der Waals surface area contributed by atoms with Crippen LogP contribution in [0.5, 0.6) is 11.5 Å². The molecule has 1 aliphatic rings. The maximum atomic E-state index is 14.5. The van der Waals surface area contributed by atoms with E-state index in [9.17, 15) is 4.39 Å². The molecule has 1 aliphatic heterocycles.